The second-order valence-electron chi connectivity index (χ2n) is 4.80. The number of ether oxygens (including phenoxy) is 2. The minimum Gasteiger partial charge on any atom is -0.497 e. The van der Waals surface area contributed by atoms with Crippen LogP contribution in [0.2, 0.25) is 0 Å². The molecule has 2 rings (SSSR count). The van der Waals surface area contributed by atoms with Crippen LogP contribution in [-0.2, 0) is 4.79 Å². The molecule has 0 radical (unpaired) electrons. The molecule has 0 bridgehead atoms. The lowest BCUT2D eigenvalue weighted by molar-refractivity contribution is -0.136. The lowest BCUT2D eigenvalue weighted by Gasteiger charge is -2.13. The number of aliphatic carboxylic acids is 1. The molecule has 0 heterocycles. The molecule has 0 aliphatic heterocycles. The molecule has 0 aromatic heterocycles. The quantitative estimate of drug-likeness (QED) is 0.608. The van der Waals surface area contributed by atoms with Crippen LogP contribution < -0.4 is 9.47 Å². The van der Waals surface area contributed by atoms with Gasteiger partial charge in [0.05, 0.1) is 7.11 Å². The molecule has 5 heteroatoms. The molecule has 1 unspecified atom stereocenters. The number of carboxylic acid groups (broad SMARTS) is 1. The van der Waals surface area contributed by atoms with Crippen molar-refractivity contribution in [1.82, 2.24) is 0 Å². The van der Waals surface area contributed by atoms with Crippen LogP contribution in [0.15, 0.2) is 53.4 Å². The van der Waals surface area contributed by atoms with Gasteiger partial charge in [-0.05, 0) is 48.9 Å². The number of hydrogen-bond acceptors (Lipinski definition) is 4. The van der Waals surface area contributed by atoms with E-state index < -0.39 is 11.2 Å². The first kappa shape index (κ1) is 17.8. The molecule has 24 heavy (non-hydrogen) atoms. The summed E-state index contributed by atoms with van der Waals surface area (Å²) in [5.41, 5.74) is 0.715. The fraction of sp³-hybridized carbons (Fsp3) is 0.211. The van der Waals surface area contributed by atoms with E-state index in [-0.39, 0.29) is 0 Å². The summed E-state index contributed by atoms with van der Waals surface area (Å²) in [6.45, 7) is 2.10. The third-order valence-corrected chi connectivity index (χ3v) is 4.46. The molecule has 0 spiro atoms. The van der Waals surface area contributed by atoms with Gasteiger partial charge in [0, 0.05) is 4.90 Å². The summed E-state index contributed by atoms with van der Waals surface area (Å²) in [6.07, 6.45) is 0. The first-order valence-corrected chi connectivity index (χ1v) is 8.18. The normalized spacial score (nSPS) is 11.1. The molecular formula is C19H18O4S. The highest BCUT2D eigenvalue weighted by Gasteiger charge is 2.21. The van der Waals surface area contributed by atoms with Gasteiger partial charge in [0.2, 0.25) is 0 Å². The lowest BCUT2D eigenvalue weighted by Crippen LogP contribution is -2.07. The second-order valence-corrected chi connectivity index (χ2v) is 5.97. The fourth-order valence-corrected chi connectivity index (χ4v) is 2.94. The number of hydrogen-bond donors (Lipinski definition) is 1. The summed E-state index contributed by atoms with van der Waals surface area (Å²) < 4.78 is 10.6. The third kappa shape index (κ3) is 4.97. The van der Waals surface area contributed by atoms with E-state index in [2.05, 4.69) is 11.8 Å². The van der Waals surface area contributed by atoms with Crippen molar-refractivity contribution in [1.29, 1.82) is 0 Å². The minimum absolute atomic E-state index is 0.340. The molecule has 0 aliphatic rings. The second kappa shape index (κ2) is 8.90. The summed E-state index contributed by atoms with van der Waals surface area (Å²) in [5.74, 6) is 6.10. The van der Waals surface area contributed by atoms with Gasteiger partial charge in [-0.15, -0.1) is 17.7 Å². The van der Waals surface area contributed by atoms with Crippen LogP contribution in [0.1, 0.15) is 17.7 Å². The smallest absolute Gasteiger partial charge is 0.321 e. The maximum absolute atomic E-state index is 11.6. The molecule has 0 saturated heterocycles. The van der Waals surface area contributed by atoms with Crippen LogP contribution in [0.25, 0.3) is 0 Å². The highest BCUT2D eigenvalue weighted by molar-refractivity contribution is 8.00. The maximum Gasteiger partial charge on any atom is 0.321 e. The number of carboxylic acids is 1. The Balaban J connectivity index is 2.09. The monoisotopic (exact) mass is 342 g/mol. The molecule has 0 aliphatic carbocycles. The van der Waals surface area contributed by atoms with Gasteiger partial charge < -0.3 is 14.6 Å². The Morgan fingerprint density at radius 3 is 2.29 bits per heavy atom. The summed E-state index contributed by atoms with van der Waals surface area (Å²) >= 11 is 1.28. The zero-order valence-corrected chi connectivity index (χ0v) is 14.3. The largest absolute Gasteiger partial charge is 0.497 e. The standard InChI is InChI=1S/C19H18O4S/c1-3-4-13-23-16-9-11-17(12-10-16)24-18(19(20)21)14-5-7-15(22-2)8-6-14/h5-12,18H,13H2,1-2H3,(H,20,21). The summed E-state index contributed by atoms with van der Waals surface area (Å²) in [6, 6.07) is 14.4. The van der Waals surface area contributed by atoms with Crippen LogP contribution in [0.3, 0.4) is 0 Å². The molecule has 2 aromatic rings. The van der Waals surface area contributed by atoms with Gasteiger partial charge in [0.25, 0.3) is 0 Å². The molecule has 2 aromatic carbocycles. The van der Waals surface area contributed by atoms with Gasteiger partial charge in [-0.3, -0.25) is 4.79 Å². The van der Waals surface area contributed by atoms with Crippen molar-refractivity contribution in [2.45, 2.75) is 17.1 Å². The molecule has 0 fully saturated rings. The Morgan fingerprint density at radius 2 is 1.75 bits per heavy atom. The van der Waals surface area contributed by atoms with Crippen molar-refractivity contribution in [3.8, 4) is 23.3 Å². The number of carbonyl (C=O) groups is 1. The first-order chi connectivity index (χ1) is 11.6. The number of rotatable bonds is 7. The van der Waals surface area contributed by atoms with Gasteiger partial charge in [-0.1, -0.05) is 18.1 Å². The molecule has 0 saturated carbocycles. The Hall–Kier alpha value is -2.58. The molecule has 1 atom stereocenters. The first-order valence-electron chi connectivity index (χ1n) is 7.30. The average molecular weight is 342 g/mol. The minimum atomic E-state index is -0.885. The molecular weight excluding hydrogens is 324 g/mol. The topological polar surface area (TPSA) is 55.8 Å². The van der Waals surface area contributed by atoms with E-state index in [0.29, 0.717) is 23.7 Å². The van der Waals surface area contributed by atoms with Crippen molar-refractivity contribution in [3.05, 3.63) is 54.1 Å². The van der Waals surface area contributed by atoms with E-state index in [4.69, 9.17) is 9.47 Å². The Morgan fingerprint density at radius 1 is 1.12 bits per heavy atom. The van der Waals surface area contributed by atoms with Crippen LogP contribution >= 0.6 is 11.8 Å². The van der Waals surface area contributed by atoms with E-state index >= 15 is 0 Å². The van der Waals surface area contributed by atoms with E-state index in [1.165, 1.54) is 11.8 Å². The lowest BCUT2D eigenvalue weighted by atomic mass is 10.1. The summed E-state index contributed by atoms with van der Waals surface area (Å²) in [7, 11) is 1.58. The van der Waals surface area contributed by atoms with E-state index in [1.807, 2.05) is 24.3 Å². The Kier molecular flexibility index (Phi) is 6.59. The van der Waals surface area contributed by atoms with Crippen molar-refractivity contribution < 1.29 is 19.4 Å². The van der Waals surface area contributed by atoms with E-state index in [9.17, 15) is 9.90 Å². The van der Waals surface area contributed by atoms with Gasteiger partial charge in [0.15, 0.2) is 0 Å². The Bertz CT molecular complexity index is 727. The highest BCUT2D eigenvalue weighted by atomic mass is 32.2. The molecule has 124 valence electrons. The van der Waals surface area contributed by atoms with Crippen LogP contribution in [0.5, 0.6) is 11.5 Å². The highest BCUT2D eigenvalue weighted by Crippen LogP contribution is 2.36. The molecule has 1 N–H and O–H groups in total. The predicted octanol–water partition coefficient (Wildman–Crippen LogP) is 4.02. The van der Waals surface area contributed by atoms with E-state index in [1.54, 1.807) is 38.3 Å². The van der Waals surface area contributed by atoms with Crippen LogP contribution in [0, 0.1) is 11.8 Å². The van der Waals surface area contributed by atoms with E-state index in [0.717, 1.165) is 4.90 Å². The van der Waals surface area contributed by atoms with Crippen molar-refractivity contribution in [2.24, 2.45) is 0 Å². The third-order valence-electron chi connectivity index (χ3n) is 3.21. The van der Waals surface area contributed by atoms with Crippen LogP contribution in [-0.4, -0.2) is 24.8 Å². The maximum atomic E-state index is 11.6. The van der Waals surface area contributed by atoms with Crippen LogP contribution in [0.4, 0.5) is 0 Å². The zero-order valence-electron chi connectivity index (χ0n) is 13.5. The average Bonchev–Trinajstić information content (AvgIpc) is 2.61. The van der Waals surface area contributed by atoms with Gasteiger partial charge in [-0.2, -0.15) is 0 Å². The number of thioether (sulfide) groups is 1. The number of benzene rings is 2. The van der Waals surface area contributed by atoms with Gasteiger partial charge >= 0.3 is 5.97 Å². The molecule has 0 amide bonds. The van der Waals surface area contributed by atoms with Gasteiger partial charge in [-0.25, -0.2) is 0 Å². The van der Waals surface area contributed by atoms with Gasteiger partial charge in [0.1, 0.15) is 23.4 Å². The zero-order chi connectivity index (χ0) is 17.4. The number of methoxy groups -OCH3 is 1. The Labute approximate surface area is 145 Å². The SMILES string of the molecule is CC#CCOc1ccc(SC(C(=O)O)c2ccc(OC)cc2)cc1. The summed E-state index contributed by atoms with van der Waals surface area (Å²) in [5, 5.41) is 8.83. The van der Waals surface area contributed by atoms with Crippen molar-refractivity contribution in [3.63, 3.8) is 0 Å². The predicted molar refractivity (Wildman–Crippen MR) is 94.6 cm³/mol. The van der Waals surface area contributed by atoms with Crippen molar-refractivity contribution >= 4 is 17.7 Å². The summed E-state index contributed by atoms with van der Waals surface area (Å²) in [4.78, 5) is 12.5. The van der Waals surface area contributed by atoms with Crippen molar-refractivity contribution in [2.75, 3.05) is 13.7 Å². The fourth-order valence-electron chi connectivity index (χ4n) is 1.98. The molecule has 4 nitrogen and oxygen atoms in total.